The number of rotatable bonds is 1. The fourth-order valence-electron chi connectivity index (χ4n) is 1.46. The van der Waals surface area contributed by atoms with E-state index < -0.39 is 0 Å². The molecule has 0 aliphatic rings. The van der Waals surface area contributed by atoms with Gasteiger partial charge in [-0.05, 0) is 26.5 Å². The van der Waals surface area contributed by atoms with Crippen LogP contribution in [0.1, 0.15) is 5.56 Å². The van der Waals surface area contributed by atoms with Gasteiger partial charge in [-0.25, -0.2) is 0 Å². The van der Waals surface area contributed by atoms with Gasteiger partial charge in [0.15, 0.2) is 0 Å². The van der Waals surface area contributed by atoms with E-state index in [2.05, 4.69) is 71.1 Å². The number of fused-ring (bicyclic) bond motifs is 1. The highest BCUT2D eigenvalue weighted by Gasteiger charge is 1.94. The van der Waals surface area contributed by atoms with Gasteiger partial charge in [-0.3, -0.25) is 0 Å². The minimum atomic E-state index is 1.28. The molecule has 1 heteroatoms. The molecule has 0 aliphatic carbocycles. The van der Waals surface area contributed by atoms with Gasteiger partial charge in [-0.1, -0.05) is 65.1 Å². The first kappa shape index (κ1) is 8.75. The molecule has 0 spiro atoms. The van der Waals surface area contributed by atoms with E-state index in [0.29, 0.717) is 0 Å². The van der Waals surface area contributed by atoms with Crippen LogP contribution in [-0.4, -0.2) is 0 Å². The molecule has 0 bridgehead atoms. The van der Waals surface area contributed by atoms with Crippen molar-refractivity contribution in [2.24, 2.45) is 0 Å². The quantitative estimate of drug-likeness (QED) is 0.685. The molecule has 2 aromatic rings. The van der Waals surface area contributed by atoms with Gasteiger partial charge in [-0.2, -0.15) is 0 Å². The molecule has 13 heavy (non-hydrogen) atoms. The average molecular weight is 280 g/mol. The summed E-state index contributed by atoms with van der Waals surface area (Å²) in [6.45, 7) is 0. The van der Waals surface area contributed by atoms with Crippen molar-refractivity contribution < 1.29 is 0 Å². The molecule has 64 valence electrons. The van der Waals surface area contributed by atoms with Crippen LogP contribution >= 0.6 is 22.6 Å². The third kappa shape index (κ3) is 1.75. The first-order chi connectivity index (χ1) is 6.42. The molecule has 0 nitrogen and oxygen atoms in total. The Balaban J connectivity index is 2.75. The van der Waals surface area contributed by atoms with Crippen LogP contribution in [0.5, 0.6) is 0 Å². The van der Waals surface area contributed by atoms with Gasteiger partial charge in [-0.15, -0.1) is 0 Å². The molecule has 0 unspecified atom stereocenters. The maximum Gasteiger partial charge on any atom is -0.0111 e. The van der Waals surface area contributed by atoms with Crippen molar-refractivity contribution in [1.29, 1.82) is 0 Å². The Hall–Kier alpha value is -0.830. The molecule has 0 aromatic heterocycles. The first-order valence-corrected chi connectivity index (χ1v) is 5.41. The highest BCUT2D eigenvalue weighted by molar-refractivity contribution is 14.1. The van der Waals surface area contributed by atoms with E-state index in [-0.39, 0.29) is 0 Å². The van der Waals surface area contributed by atoms with Crippen molar-refractivity contribution in [3.05, 3.63) is 52.1 Å². The van der Waals surface area contributed by atoms with Crippen molar-refractivity contribution in [3.63, 3.8) is 0 Å². The lowest BCUT2D eigenvalue weighted by atomic mass is 10.1. The molecule has 0 amide bonds. The molecule has 0 saturated heterocycles. The fraction of sp³-hybridized carbons (Fsp3) is 0. The second-order valence-corrected chi connectivity index (χ2v) is 3.58. The Labute approximate surface area is 91.4 Å². The second-order valence-electron chi connectivity index (χ2n) is 2.86. The molecule has 0 saturated carbocycles. The Kier molecular flexibility index (Phi) is 2.64. The smallest absolute Gasteiger partial charge is 0.0111 e. The van der Waals surface area contributed by atoms with Crippen molar-refractivity contribution in [2.75, 3.05) is 0 Å². The summed E-state index contributed by atoms with van der Waals surface area (Å²) in [4.78, 5) is 0. The van der Waals surface area contributed by atoms with E-state index >= 15 is 0 Å². The maximum absolute atomic E-state index is 2.24. The van der Waals surface area contributed by atoms with Crippen LogP contribution in [0.2, 0.25) is 0 Å². The summed E-state index contributed by atoms with van der Waals surface area (Å²) in [6.07, 6.45) is 2.13. The standard InChI is InChI=1S/C12H9I/c13-9-8-11-6-3-5-10-4-1-2-7-12(10)11/h1-9H. The van der Waals surface area contributed by atoms with Gasteiger partial charge in [0.25, 0.3) is 0 Å². The van der Waals surface area contributed by atoms with Crippen LogP contribution in [0.3, 0.4) is 0 Å². The Morgan fingerprint density at radius 2 is 1.69 bits per heavy atom. The lowest BCUT2D eigenvalue weighted by molar-refractivity contribution is 1.72. The van der Waals surface area contributed by atoms with Gasteiger partial charge in [0.1, 0.15) is 0 Å². The Morgan fingerprint density at radius 3 is 2.54 bits per heavy atom. The minimum absolute atomic E-state index is 1.28. The molecule has 0 atom stereocenters. The summed E-state index contributed by atoms with van der Waals surface area (Å²) in [5.41, 5.74) is 1.28. The predicted octanol–water partition coefficient (Wildman–Crippen LogP) is 4.25. The second kappa shape index (κ2) is 3.92. The van der Waals surface area contributed by atoms with E-state index in [4.69, 9.17) is 0 Å². The third-order valence-electron chi connectivity index (χ3n) is 2.07. The number of hydrogen-bond donors (Lipinski definition) is 0. The predicted molar refractivity (Wildman–Crippen MR) is 67.0 cm³/mol. The zero-order chi connectivity index (χ0) is 9.10. The van der Waals surface area contributed by atoms with Gasteiger partial charge >= 0.3 is 0 Å². The van der Waals surface area contributed by atoms with Crippen molar-refractivity contribution in [1.82, 2.24) is 0 Å². The van der Waals surface area contributed by atoms with Gasteiger partial charge in [0.2, 0.25) is 0 Å². The lowest BCUT2D eigenvalue weighted by Gasteiger charge is -2.00. The van der Waals surface area contributed by atoms with Crippen LogP contribution < -0.4 is 0 Å². The summed E-state index contributed by atoms with van der Waals surface area (Å²) in [5.74, 6) is 0. The van der Waals surface area contributed by atoms with Crippen molar-refractivity contribution in [2.45, 2.75) is 0 Å². The summed E-state index contributed by atoms with van der Waals surface area (Å²) < 4.78 is 2.04. The third-order valence-corrected chi connectivity index (χ3v) is 2.43. The molecule has 0 radical (unpaired) electrons. The summed E-state index contributed by atoms with van der Waals surface area (Å²) >= 11 is 2.24. The maximum atomic E-state index is 2.24. The Morgan fingerprint density at radius 1 is 0.923 bits per heavy atom. The van der Waals surface area contributed by atoms with Crippen LogP contribution in [-0.2, 0) is 0 Å². The van der Waals surface area contributed by atoms with Gasteiger partial charge in [0, 0.05) is 0 Å². The normalized spacial score (nSPS) is 11.2. The van der Waals surface area contributed by atoms with Crippen LogP contribution in [0.25, 0.3) is 16.8 Å². The SMILES string of the molecule is IC=Cc1cccc2ccccc12. The average Bonchev–Trinajstić information content (AvgIpc) is 2.19. The van der Waals surface area contributed by atoms with Crippen LogP contribution in [0, 0.1) is 0 Å². The van der Waals surface area contributed by atoms with E-state index in [1.165, 1.54) is 16.3 Å². The zero-order valence-corrected chi connectivity index (χ0v) is 9.23. The van der Waals surface area contributed by atoms with E-state index in [1.807, 2.05) is 4.08 Å². The number of halogens is 1. The molecule has 2 aromatic carbocycles. The van der Waals surface area contributed by atoms with Gasteiger partial charge in [0.05, 0.1) is 0 Å². The van der Waals surface area contributed by atoms with Crippen LogP contribution in [0.15, 0.2) is 46.5 Å². The monoisotopic (exact) mass is 280 g/mol. The minimum Gasteiger partial charge on any atom is -0.0616 e. The molecular weight excluding hydrogens is 271 g/mol. The van der Waals surface area contributed by atoms with Crippen molar-refractivity contribution in [3.8, 4) is 0 Å². The zero-order valence-electron chi connectivity index (χ0n) is 7.07. The number of hydrogen-bond acceptors (Lipinski definition) is 0. The highest BCUT2D eigenvalue weighted by Crippen LogP contribution is 2.19. The first-order valence-electron chi connectivity index (χ1n) is 4.16. The topological polar surface area (TPSA) is 0 Å². The molecule has 0 aliphatic heterocycles. The molecule has 0 N–H and O–H groups in total. The largest absolute Gasteiger partial charge is 0.0616 e. The van der Waals surface area contributed by atoms with Crippen molar-refractivity contribution >= 4 is 39.4 Å². The lowest BCUT2D eigenvalue weighted by Crippen LogP contribution is -1.76. The van der Waals surface area contributed by atoms with Crippen LogP contribution in [0.4, 0.5) is 0 Å². The fourth-order valence-corrected chi connectivity index (χ4v) is 1.85. The molecular formula is C12H9I. The Bertz CT molecular complexity index is 438. The summed E-state index contributed by atoms with van der Waals surface area (Å²) in [6, 6.07) is 14.8. The highest BCUT2D eigenvalue weighted by atomic mass is 127. The van der Waals surface area contributed by atoms with Gasteiger partial charge < -0.3 is 0 Å². The van der Waals surface area contributed by atoms with E-state index in [0.717, 1.165) is 0 Å². The van der Waals surface area contributed by atoms with E-state index in [9.17, 15) is 0 Å². The molecule has 0 heterocycles. The summed E-state index contributed by atoms with van der Waals surface area (Å²) in [5, 5.41) is 2.62. The number of benzene rings is 2. The summed E-state index contributed by atoms with van der Waals surface area (Å²) in [7, 11) is 0. The van der Waals surface area contributed by atoms with E-state index in [1.54, 1.807) is 0 Å². The molecule has 0 fully saturated rings. The molecule has 2 rings (SSSR count).